The molecule has 0 bridgehead atoms. The molecule has 0 radical (unpaired) electrons. The van der Waals surface area contributed by atoms with Crippen molar-refractivity contribution >= 4 is 17.5 Å². The van der Waals surface area contributed by atoms with Gasteiger partial charge in [-0.1, -0.05) is 41.2 Å². The molecule has 20 heavy (non-hydrogen) atoms. The molecule has 1 amide bonds. The number of allylic oxidation sites excluding steroid dienone is 1. The fourth-order valence-corrected chi connectivity index (χ4v) is 2.39. The number of rotatable bonds is 8. The van der Waals surface area contributed by atoms with Crippen molar-refractivity contribution in [3.05, 3.63) is 12.2 Å². The quantitative estimate of drug-likeness (QED) is 0.696. The molecule has 0 saturated heterocycles. The van der Waals surface area contributed by atoms with Crippen LogP contribution in [0.4, 0.5) is 0 Å². The molecule has 1 N–H and O–H groups in total. The summed E-state index contributed by atoms with van der Waals surface area (Å²) in [7, 11) is 0. The standard InChI is InChI=1S/C16H27NO3/c1-8-12(18)9-17-14(20)16(6,7)10-15(4,5)13(19)11(2)3/h2,8-10H2,1,3-7H3,(H,17,20). The Kier molecular flexibility index (Phi) is 6.32. The molecule has 0 aliphatic heterocycles. The molecule has 0 aliphatic rings. The third-order valence-electron chi connectivity index (χ3n) is 3.34. The summed E-state index contributed by atoms with van der Waals surface area (Å²) < 4.78 is 0. The second kappa shape index (κ2) is 6.82. The van der Waals surface area contributed by atoms with Crippen LogP contribution in [0.2, 0.25) is 0 Å². The first-order valence-electron chi connectivity index (χ1n) is 6.94. The minimum atomic E-state index is -0.720. The normalized spacial score (nSPS) is 11.9. The fraction of sp³-hybridized carbons (Fsp3) is 0.688. The second-order valence-corrected chi connectivity index (χ2v) is 6.63. The second-order valence-electron chi connectivity index (χ2n) is 6.63. The van der Waals surface area contributed by atoms with E-state index in [1.165, 1.54) is 0 Å². The van der Waals surface area contributed by atoms with Crippen LogP contribution in [-0.4, -0.2) is 24.0 Å². The minimum absolute atomic E-state index is 0.00794. The topological polar surface area (TPSA) is 63.2 Å². The lowest BCUT2D eigenvalue weighted by Gasteiger charge is -2.33. The van der Waals surface area contributed by atoms with Gasteiger partial charge in [-0.3, -0.25) is 14.4 Å². The molecule has 0 rings (SSSR count). The lowest BCUT2D eigenvalue weighted by atomic mass is 9.71. The molecule has 0 fully saturated rings. The summed E-state index contributed by atoms with van der Waals surface area (Å²) in [5, 5.41) is 2.64. The van der Waals surface area contributed by atoms with E-state index in [0.29, 0.717) is 18.4 Å². The SMILES string of the molecule is C=C(C)C(=O)C(C)(C)CC(C)(C)C(=O)NCC(=O)CC. The first kappa shape index (κ1) is 18.6. The highest BCUT2D eigenvalue weighted by atomic mass is 16.2. The van der Waals surface area contributed by atoms with Gasteiger partial charge in [0.25, 0.3) is 0 Å². The number of amides is 1. The highest BCUT2D eigenvalue weighted by Crippen LogP contribution is 2.35. The Morgan fingerprint density at radius 3 is 1.95 bits per heavy atom. The van der Waals surface area contributed by atoms with Crippen molar-refractivity contribution in [1.82, 2.24) is 5.32 Å². The Hall–Kier alpha value is -1.45. The van der Waals surface area contributed by atoms with E-state index < -0.39 is 10.8 Å². The molecule has 0 aromatic carbocycles. The monoisotopic (exact) mass is 281 g/mol. The predicted octanol–water partition coefficient (Wildman–Crippen LogP) is 2.67. The fourth-order valence-electron chi connectivity index (χ4n) is 2.39. The van der Waals surface area contributed by atoms with E-state index in [4.69, 9.17) is 0 Å². The molecule has 114 valence electrons. The maximum absolute atomic E-state index is 12.2. The summed E-state index contributed by atoms with van der Waals surface area (Å²) in [6, 6.07) is 0. The van der Waals surface area contributed by atoms with Crippen LogP contribution in [0.5, 0.6) is 0 Å². The van der Waals surface area contributed by atoms with Gasteiger partial charge in [0.2, 0.25) is 5.91 Å². The first-order chi connectivity index (χ1) is 8.94. The lowest BCUT2D eigenvalue weighted by Crippen LogP contribution is -2.43. The van der Waals surface area contributed by atoms with E-state index in [-0.39, 0.29) is 24.0 Å². The summed E-state index contributed by atoms with van der Waals surface area (Å²) >= 11 is 0. The summed E-state index contributed by atoms with van der Waals surface area (Å²) in [6.07, 6.45) is 0.804. The van der Waals surface area contributed by atoms with Crippen LogP contribution < -0.4 is 5.32 Å². The molecule has 4 nitrogen and oxygen atoms in total. The van der Waals surface area contributed by atoms with Crippen LogP contribution in [0.1, 0.15) is 54.4 Å². The number of nitrogens with one attached hydrogen (secondary N) is 1. The number of hydrogen-bond donors (Lipinski definition) is 1. The van der Waals surface area contributed by atoms with E-state index in [2.05, 4.69) is 11.9 Å². The molecule has 0 saturated carbocycles. The molecular weight excluding hydrogens is 254 g/mol. The van der Waals surface area contributed by atoms with Gasteiger partial charge in [-0.2, -0.15) is 0 Å². The van der Waals surface area contributed by atoms with Crippen molar-refractivity contribution in [3.8, 4) is 0 Å². The Labute approximate surface area is 122 Å². The molecule has 4 heteroatoms. The van der Waals surface area contributed by atoms with Gasteiger partial charge in [-0.05, 0) is 18.9 Å². The Morgan fingerprint density at radius 2 is 1.55 bits per heavy atom. The number of hydrogen-bond acceptors (Lipinski definition) is 3. The zero-order chi connectivity index (χ0) is 16.1. The highest BCUT2D eigenvalue weighted by molar-refractivity contribution is 5.99. The maximum Gasteiger partial charge on any atom is 0.226 e. The van der Waals surface area contributed by atoms with Crippen molar-refractivity contribution in [3.63, 3.8) is 0 Å². The smallest absolute Gasteiger partial charge is 0.226 e. The van der Waals surface area contributed by atoms with Gasteiger partial charge < -0.3 is 5.32 Å². The number of carbonyl (C=O) groups is 3. The maximum atomic E-state index is 12.2. The molecule has 0 unspecified atom stereocenters. The number of Topliss-reactive ketones (excluding diaryl/α,β-unsaturated/α-hetero) is 2. The van der Waals surface area contributed by atoms with Gasteiger partial charge >= 0.3 is 0 Å². The molecule has 0 atom stereocenters. The lowest BCUT2D eigenvalue weighted by molar-refractivity contribution is -0.134. The summed E-state index contributed by atoms with van der Waals surface area (Å²) in [5.74, 6) is -0.253. The summed E-state index contributed by atoms with van der Waals surface area (Å²) in [5.41, 5.74) is -0.878. The van der Waals surface area contributed by atoms with Gasteiger partial charge in [0.15, 0.2) is 11.6 Å². The van der Waals surface area contributed by atoms with Crippen LogP contribution >= 0.6 is 0 Å². The van der Waals surface area contributed by atoms with Crippen LogP contribution in [0.15, 0.2) is 12.2 Å². The highest BCUT2D eigenvalue weighted by Gasteiger charge is 2.38. The predicted molar refractivity (Wildman–Crippen MR) is 80.3 cm³/mol. The Morgan fingerprint density at radius 1 is 1.05 bits per heavy atom. The van der Waals surface area contributed by atoms with Crippen molar-refractivity contribution < 1.29 is 14.4 Å². The number of carbonyl (C=O) groups excluding carboxylic acids is 3. The van der Waals surface area contributed by atoms with Gasteiger partial charge in [0, 0.05) is 17.3 Å². The van der Waals surface area contributed by atoms with Crippen LogP contribution in [0.25, 0.3) is 0 Å². The molecule has 0 aliphatic carbocycles. The van der Waals surface area contributed by atoms with Crippen LogP contribution in [-0.2, 0) is 14.4 Å². The third kappa shape index (κ3) is 5.27. The van der Waals surface area contributed by atoms with Gasteiger partial charge in [-0.25, -0.2) is 0 Å². The van der Waals surface area contributed by atoms with E-state index in [9.17, 15) is 14.4 Å². The van der Waals surface area contributed by atoms with Crippen molar-refractivity contribution in [2.75, 3.05) is 6.54 Å². The largest absolute Gasteiger partial charge is 0.349 e. The van der Waals surface area contributed by atoms with Crippen LogP contribution in [0, 0.1) is 10.8 Å². The summed E-state index contributed by atoms with van der Waals surface area (Å²) in [4.78, 5) is 35.5. The number of ketones is 2. The van der Waals surface area contributed by atoms with Crippen molar-refractivity contribution in [2.45, 2.75) is 54.4 Å². The van der Waals surface area contributed by atoms with Crippen molar-refractivity contribution in [2.24, 2.45) is 10.8 Å². The van der Waals surface area contributed by atoms with Gasteiger partial charge in [0.05, 0.1) is 6.54 Å². The molecule has 0 heterocycles. The Balaban J connectivity index is 4.80. The Bertz CT molecular complexity index is 419. The average Bonchev–Trinajstić information content (AvgIpc) is 2.32. The first-order valence-corrected chi connectivity index (χ1v) is 6.94. The minimum Gasteiger partial charge on any atom is -0.349 e. The molecule has 0 aromatic heterocycles. The van der Waals surface area contributed by atoms with Crippen molar-refractivity contribution in [1.29, 1.82) is 0 Å². The van der Waals surface area contributed by atoms with E-state index in [1.807, 2.05) is 13.8 Å². The zero-order valence-corrected chi connectivity index (χ0v) is 13.6. The summed E-state index contributed by atoms with van der Waals surface area (Å²) in [6.45, 7) is 14.4. The molecule has 0 spiro atoms. The van der Waals surface area contributed by atoms with E-state index in [0.717, 1.165) is 0 Å². The van der Waals surface area contributed by atoms with Crippen LogP contribution in [0.3, 0.4) is 0 Å². The molecule has 0 aromatic rings. The van der Waals surface area contributed by atoms with Gasteiger partial charge in [-0.15, -0.1) is 0 Å². The molecular formula is C16H27NO3. The van der Waals surface area contributed by atoms with E-state index >= 15 is 0 Å². The zero-order valence-electron chi connectivity index (χ0n) is 13.6. The van der Waals surface area contributed by atoms with E-state index in [1.54, 1.807) is 27.7 Å². The van der Waals surface area contributed by atoms with Gasteiger partial charge in [0.1, 0.15) is 0 Å². The third-order valence-corrected chi connectivity index (χ3v) is 3.34. The average molecular weight is 281 g/mol.